The van der Waals surface area contributed by atoms with Crippen LogP contribution in [0.15, 0.2) is 24.3 Å². The first-order valence-electron chi connectivity index (χ1n) is 6.90. The first-order chi connectivity index (χ1) is 9.35. The number of carbonyl (C=O) groups excluding carboxylic acids is 1. The van der Waals surface area contributed by atoms with E-state index in [0.717, 1.165) is 17.0 Å². The van der Waals surface area contributed by atoms with Gasteiger partial charge in [-0.3, -0.25) is 4.79 Å². The zero-order valence-electron chi connectivity index (χ0n) is 12.2. The molecule has 2 atom stereocenters. The molecule has 0 bridgehead atoms. The van der Waals surface area contributed by atoms with Gasteiger partial charge in [0, 0.05) is 5.02 Å². The molecule has 2 unspecified atom stereocenters. The summed E-state index contributed by atoms with van der Waals surface area (Å²) in [4.78, 5) is 11.8. The Bertz CT molecular complexity index is 462. The second-order valence-corrected chi connectivity index (χ2v) is 6.71. The Morgan fingerprint density at radius 2 is 1.95 bits per heavy atom. The van der Waals surface area contributed by atoms with E-state index in [-0.39, 0.29) is 11.9 Å². The van der Waals surface area contributed by atoms with E-state index in [1.807, 2.05) is 45.0 Å². The van der Waals surface area contributed by atoms with Gasteiger partial charge in [0.15, 0.2) is 0 Å². The van der Waals surface area contributed by atoms with E-state index in [0.29, 0.717) is 19.1 Å². The van der Waals surface area contributed by atoms with Crippen LogP contribution in [0.1, 0.15) is 32.8 Å². The molecule has 0 heterocycles. The third-order valence-electron chi connectivity index (χ3n) is 3.15. The summed E-state index contributed by atoms with van der Waals surface area (Å²) >= 11 is 5.82. The molecule has 4 heteroatoms. The summed E-state index contributed by atoms with van der Waals surface area (Å²) in [6.07, 6.45) is 0.871. The molecule has 1 saturated carbocycles. The van der Waals surface area contributed by atoms with E-state index in [4.69, 9.17) is 21.1 Å². The molecule has 0 saturated heterocycles. The maximum Gasteiger partial charge on any atom is 0.309 e. The zero-order chi connectivity index (χ0) is 14.8. The van der Waals surface area contributed by atoms with Crippen LogP contribution in [-0.4, -0.2) is 18.2 Å². The van der Waals surface area contributed by atoms with Gasteiger partial charge in [-0.15, -0.1) is 0 Å². The van der Waals surface area contributed by atoms with Crippen molar-refractivity contribution in [3.8, 4) is 0 Å². The van der Waals surface area contributed by atoms with Gasteiger partial charge in [0.05, 0.1) is 19.1 Å². The molecule has 1 fully saturated rings. The van der Waals surface area contributed by atoms with E-state index in [1.165, 1.54) is 0 Å². The highest BCUT2D eigenvalue weighted by molar-refractivity contribution is 6.30. The Labute approximate surface area is 125 Å². The molecular weight excluding hydrogens is 276 g/mol. The Kier molecular flexibility index (Phi) is 4.71. The molecule has 1 aliphatic rings. The van der Waals surface area contributed by atoms with Crippen molar-refractivity contribution < 1.29 is 14.3 Å². The topological polar surface area (TPSA) is 35.5 Å². The first-order valence-corrected chi connectivity index (χ1v) is 7.28. The quantitative estimate of drug-likeness (QED) is 0.775. The van der Waals surface area contributed by atoms with Gasteiger partial charge < -0.3 is 9.47 Å². The van der Waals surface area contributed by atoms with Crippen molar-refractivity contribution in [2.75, 3.05) is 6.61 Å². The van der Waals surface area contributed by atoms with Crippen LogP contribution in [0.5, 0.6) is 0 Å². The summed E-state index contributed by atoms with van der Waals surface area (Å²) < 4.78 is 11.0. The van der Waals surface area contributed by atoms with Gasteiger partial charge in [0.25, 0.3) is 0 Å². The smallest absolute Gasteiger partial charge is 0.309 e. The van der Waals surface area contributed by atoms with E-state index >= 15 is 0 Å². The Hall–Kier alpha value is -1.06. The number of esters is 1. The molecule has 1 aliphatic carbocycles. The van der Waals surface area contributed by atoms with Crippen molar-refractivity contribution in [3.63, 3.8) is 0 Å². The lowest BCUT2D eigenvalue weighted by Crippen LogP contribution is -2.25. The van der Waals surface area contributed by atoms with Crippen molar-refractivity contribution in [2.24, 2.45) is 11.8 Å². The number of ether oxygens (including phenoxy) is 2. The Morgan fingerprint density at radius 3 is 2.55 bits per heavy atom. The standard InChI is InChI=1S/C16H21ClO3/c1-16(2,3)20-15(18)14-8-12(14)10-19-9-11-4-6-13(17)7-5-11/h4-7,12,14H,8-10H2,1-3H3. The predicted octanol–water partition coefficient (Wildman–Crippen LogP) is 3.83. The third-order valence-corrected chi connectivity index (χ3v) is 3.40. The second-order valence-electron chi connectivity index (χ2n) is 6.28. The number of rotatable bonds is 5. The molecule has 110 valence electrons. The molecule has 20 heavy (non-hydrogen) atoms. The molecule has 0 N–H and O–H groups in total. The van der Waals surface area contributed by atoms with E-state index in [2.05, 4.69) is 0 Å². The lowest BCUT2D eigenvalue weighted by molar-refractivity contribution is -0.157. The molecule has 2 rings (SSSR count). The predicted molar refractivity (Wildman–Crippen MR) is 78.6 cm³/mol. The SMILES string of the molecule is CC(C)(C)OC(=O)C1CC1COCc1ccc(Cl)cc1. The first kappa shape index (κ1) is 15.3. The highest BCUT2D eigenvalue weighted by atomic mass is 35.5. The van der Waals surface area contributed by atoms with E-state index in [1.54, 1.807) is 0 Å². The lowest BCUT2D eigenvalue weighted by Gasteiger charge is -2.19. The van der Waals surface area contributed by atoms with Gasteiger partial charge in [-0.05, 0) is 50.8 Å². The van der Waals surface area contributed by atoms with E-state index < -0.39 is 5.60 Å². The minimum absolute atomic E-state index is 0.0134. The minimum atomic E-state index is -0.408. The van der Waals surface area contributed by atoms with Crippen LogP contribution in [-0.2, 0) is 20.9 Å². The monoisotopic (exact) mass is 296 g/mol. The van der Waals surface area contributed by atoms with Gasteiger partial charge in [-0.2, -0.15) is 0 Å². The van der Waals surface area contributed by atoms with Gasteiger partial charge >= 0.3 is 5.97 Å². The summed E-state index contributed by atoms with van der Waals surface area (Å²) in [5.41, 5.74) is 0.679. The van der Waals surface area contributed by atoms with Crippen molar-refractivity contribution >= 4 is 17.6 Å². The Balaban J connectivity index is 1.67. The van der Waals surface area contributed by atoms with Crippen molar-refractivity contribution in [3.05, 3.63) is 34.9 Å². The second kappa shape index (κ2) is 6.15. The van der Waals surface area contributed by atoms with Crippen molar-refractivity contribution in [1.82, 2.24) is 0 Å². The fourth-order valence-electron chi connectivity index (χ4n) is 2.01. The lowest BCUT2D eigenvalue weighted by atomic mass is 10.2. The molecule has 0 aliphatic heterocycles. The van der Waals surface area contributed by atoms with Crippen LogP contribution in [0.2, 0.25) is 5.02 Å². The number of hydrogen-bond acceptors (Lipinski definition) is 3. The number of hydrogen-bond donors (Lipinski definition) is 0. The maximum atomic E-state index is 11.8. The molecule has 1 aromatic rings. The van der Waals surface area contributed by atoms with Gasteiger partial charge in [0.2, 0.25) is 0 Å². The number of benzene rings is 1. The fourth-order valence-corrected chi connectivity index (χ4v) is 2.13. The van der Waals surface area contributed by atoms with Crippen molar-refractivity contribution in [1.29, 1.82) is 0 Å². The van der Waals surface area contributed by atoms with E-state index in [9.17, 15) is 4.79 Å². The molecule has 3 nitrogen and oxygen atoms in total. The van der Waals surface area contributed by atoms with Crippen LogP contribution in [0.3, 0.4) is 0 Å². The van der Waals surface area contributed by atoms with Crippen LogP contribution in [0.4, 0.5) is 0 Å². The number of carbonyl (C=O) groups is 1. The zero-order valence-corrected chi connectivity index (χ0v) is 12.9. The summed E-state index contributed by atoms with van der Waals surface area (Å²) in [6, 6.07) is 7.59. The van der Waals surface area contributed by atoms with Crippen LogP contribution < -0.4 is 0 Å². The van der Waals surface area contributed by atoms with Gasteiger partial charge in [0.1, 0.15) is 5.60 Å². The normalized spacial score (nSPS) is 21.6. The van der Waals surface area contributed by atoms with Crippen LogP contribution >= 0.6 is 11.6 Å². The minimum Gasteiger partial charge on any atom is -0.460 e. The van der Waals surface area contributed by atoms with Crippen LogP contribution in [0, 0.1) is 11.8 Å². The fraction of sp³-hybridized carbons (Fsp3) is 0.562. The average Bonchev–Trinajstić information content (AvgIpc) is 3.09. The average molecular weight is 297 g/mol. The summed E-state index contributed by atoms with van der Waals surface area (Å²) in [5, 5.41) is 0.723. The maximum absolute atomic E-state index is 11.8. The molecule has 1 aromatic carbocycles. The number of halogens is 1. The third kappa shape index (κ3) is 4.80. The summed E-state index contributed by atoms with van der Waals surface area (Å²) in [5.74, 6) is 0.217. The highest BCUT2D eigenvalue weighted by Crippen LogP contribution is 2.40. The molecular formula is C16H21ClO3. The Morgan fingerprint density at radius 1 is 1.30 bits per heavy atom. The molecule has 0 radical (unpaired) electrons. The molecule has 0 amide bonds. The molecule has 0 spiro atoms. The summed E-state index contributed by atoms with van der Waals surface area (Å²) in [6.45, 7) is 6.82. The van der Waals surface area contributed by atoms with Crippen molar-refractivity contribution in [2.45, 2.75) is 39.4 Å². The largest absolute Gasteiger partial charge is 0.460 e. The molecule has 0 aromatic heterocycles. The van der Waals surface area contributed by atoms with Crippen LogP contribution in [0.25, 0.3) is 0 Å². The van der Waals surface area contributed by atoms with Gasteiger partial charge in [-0.1, -0.05) is 23.7 Å². The highest BCUT2D eigenvalue weighted by Gasteiger charge is 2.45. The van der Waals surface area contributed by atoms with Gasteiger partial charge in [-0.25, -0.2) is 0 Å². The summed E-state index contributed by atoms with van der Waals surface area (Å²) in [7, 11) is 0.